The van der Waals surface area contributed by atoms with E-state index in [0.29, 0.717) is 35.0 Å². The van der Waals surface area contributed by atoms with Crippen molar-refractivity contribution < 1.29 is 33.8 Å². The quantitative estimate of drug-likeness (QED) is 0.313. The number of hydrogen-bond donors (Lipinski definition) is 1. The molecular formula is C30H46O7. The molecule has 4 fully saturated rings. The number of aliphatic carboxylic acids is 1. The van der Waals surface area contributed by atoms with Crippen molar-refractivity contribution >= 4 is 23.9 Å². The lowest BCUT2D eigenvalue weighted by atomic mass is 9.44. The average Bonchev–Trinajstić information content (AvgIpc) is 3.18. The summed E-state index contributed by atoms with van der Waals surface area (Å²) in [6.45, 7) is 8.80. The van der Waals surface area contributed by atoms with Gasteiger partial charge in [-0.3, -0.25) is 19.2 Å². The van der Waals surface area contributed by atoms with Crippen LogP contribution in [0.2, 0.25) is 0 Å². The second-order valence-corrected chi connectivity index (χ2v) is 13.1. The monoisotopic (exact) mass is 518 g/mol. The number of hydrogen-bond acceptors (Lipinski definition) is 6. The van der Waals surface area contributed by atoms with E-state index < -0.39 is 17.9 Å². The number of esters is 3. The van der Waals surface area contributed by atoms with Gasteiger partial charge >= 0.3 is 23.9 Å². The molecule has 1 N–H and O–H groups in total. The van der Waals surface area contributed by atoms with Crippen molar-refractivity contribution in [1.82, 2.24) is 0 Å². The van der Waals surface area contributed by atoms with E-state index in [4.69, 9.17) is 14.6 Å². The summed E-state index contributed by atoms with van der Waals surface area (Å²) in [7, 11) is 0. The fourth-order valence-electron chi connectivity index (χ4n) is 9.52. The van der Waals surface area contributed by atoms with E-state index in [1.165, 1.54) is 45.4 Å². The lowest BCUT2D eigenvalue weighted by Gasteiger charge is -2.61. The first-order valence-corrected chi connectivity index (χ1v) is 14.6. The summed E-state index contributed by atoms with van der Waals surface area (Å²) in [5, 5.41) is 8.69. The average molecular weight is 519 g/mol. The lowest BCUT2D eigenvalue weighted by Crippen LogP contribution is -2.54. The van der Waals surface area contributed by atoms with Crippen LogP contribution in [0.25, 0.3) is 0 Å². The van der Waals surface area contributed by atoms with Crippen molar-refractivity contribution in [1.29, 1.82) is 0 Å². The first kappa shape index (κ1) is 28.1. The highest BCUT2D eigenvalue weighted by atomic mass is 16.6. The third-order valence-electron chi connectivity index (χ3n) is 11.3. The van der Waals surface area contributed by atoms with Gasteiger partial charge in [0.25, 0.3) is 0 Å². The summed E-state index contributed by atoms with van der Waals surface area (Å²) in [6, 6.07) is 0. The zero-order valence-electron chi connectivity index (χ0n) is 23.1. The predicted octanol–water partition coefficient (Wildman–Crippen LogP) is 5.93. The van der Waals surface area contributed by atoms with Crippen LogP contribution in [0.1, 0.15) is 111 Å². The van der Waals surface area contributed by atoms with E-state index in [1.54, 1.807) is 0 Å². The third-order valence-corrected chi connectivity index (χ3v) is 11.3. The van der Waals surface area contributed by atoms with Crippen LogP contribution in [0.3, 0.4) is 0 Å². The van der Waals surface area contributed by atoms with Crippen molar-refractivity contribution in [3.05, 3.63) is 0 Å². The molecule has 4 rings (SSSR count). The van der Waals surface area contributed by atoms with Gasteiger partial charge in [-0.25, -0.2) is 0 Å². The van der Waals surface area contributed by atoms with Gasteiger partial charge in [-0.1, -0.05) is 20.8 Å². The molecule has 0 bridgehead atoms. The molecule has 4 aliphatic carbocycles. The second-order valence-electron chi connectivity index (χ2n) is 13.1. The molecule has 4 unspecified atom stereocenters. The zero-order valence-corrected chi connectivity index (χ0v) is 23.1. The molecule has 0 radical (unpaired) electrons. The summed E-state index contributed by atoms with van der Waals surface area (Å²) in [4.78, 5) is 46.0. The van der Waals surface area contributed by atoms with Crippen molar-refractivity contribution in [3.8, 4) is 0 Å². The summed E-state index contributed by atoms with van der Waals surface area (Å²) >= 11 is 0. The minimum atomic E-state index is -1.08. The molecule has 0 aromatic heterocycles. The topological polar surface area (TPSA) is 107 Å². The Labute approximate surface area is 221 Å². The van der Waals surface area contributed by atoms with E-state index >= 15 is 0 Å². The summed E-state index contributed by atoms with van der Waals surface area (Å²) in [5.74, 6) is 1.32. The van der Waals surface area contributed by atoms with Crippen LogP contribution < -0.4 is 0 Å². The van der Waals surface area contributed by atoms with Gasteiger partial charge in [0.2, 0.25) is 0 Å². The Balaban J connectivity index is 1.34. The molecule has 0 aliphatic heterocycles. The molecule has 37 heavy (non-hydrogen) atoms. The Bertz CT molecular complexity index is 898. The Morgan fingerprint density at radius 3 is 2.24 bits per heavy atom. The number of carboxylic acid groups (broad SMARTS) is 1. The van der Waals surface area contributed by atoms with Gasteiger partial charge in [-0.05, 0) is 111 Å². The number of rotatable bonds is 8. The largest absolute Gasteiger partial charge is 0.481 e. The molecular weight excluding hydrogens is 472 g/mol. The molecule has 4 aliphatic rings. The van der Waals surface area contributed by atoms with Crippen LogP contribution in [0.15, 0.2) is 0 Å². The molecule has 0 heterocycles. The molecule has 9 atom stereocenters. The number of fused-ring (bicyclic) bond motifs is 5. The van der Waals surface area contributed by atoms with Crippen LogP contribution in [-0.4, -0.2) is 35.1 Å². The van der Waals surface area contributed by atoms with Crippen LogP contribution in [0.5, 0.6) is 0 Å². The summed E-state index contributed by atoms with van der Waals surface area (Å²) in [5.41, 5.74) is 0.640. The third kappa shape index (κ3) is 5.75. The maximum absolute atomic E-state index is 12.2. The highest BCUT2D eigenvalue weighted by Gasteiger charge is 2.60. The van der Waals surface area contributed by atoms with Crippen molar-refractivity contribution in [2.75, 3.05) is 0 Å². The molecule has 0 aromatic carbocycles. The van der Waals surface area contributed by atoms with E-state index in [9.17, 15) is 19.2 Å². The van der Waals surface area contributed by atoms with Crippen LogP contribution >= 0.6 is 0 Å². The van der Waals surface area contributed by atoms with Crippen molar-refractivity contribution in [3.63, 3.8) is 0 Å². The van der Waals surface area contributed by atoms with Gasteiger partial charge in [0.15, 0.2) is 0 Å². The number of carbonyl (C=O) groups is 4. The molecule has 0 spiro atoms. The predicted molar refractivity (Wildman–Crippen MR) is 137 cm³/mol. The SMILES string of the molecule is CC(=O)O[C@H]1CC[C@@]2(C)C(CCC3C2CC[C@@]2(C)C3CC[C@@H]2[C@H](C)CCC(=O)OC(=O)CCC(=O)O)C1. The standard InChI is InChI=1S/C30H46O7/c1-18(5-11-27(34)37-28(35)12-10-26(32)33)23-8-9-24-22-7-6-20-17-21(36-19(2)31)13-15-29(20,3)25(22)14-16-30(23,24)4/h18,20-25H,5-17H2,1-4H3,(H,32,33)/t18-,20?,21+,22?,23-,24?,25?,29+,30-/m1/s1. The molecule has 0 aromatic rings. The highest BCUT2D eigenvalue weighted by Crippen LogP contribution is 2.68. The van der Waals surface area contributed by atoms with E-state index in [1.807, 2.05) is 0 Å². The van der Waals surface area contributed by atoms with E-state index in [-0.39, 0.29) is 31.3 Å². The van der Waals surface area contributed by atoms with Gasteiger partial charge in [-0.2, -0.15) is 0 Å². The Hall–Kier alpha value is -1.92. The summed E-state index contributed by atoms with van der Waals surface area (Å²) < 4.78 is 10.5. The van der Waals surface area contributed by atoms with Crippen LogP contribution in [0.4, 0.5) is 0 Å². The van der Waals surface area contributed by atoms with E-state index in [0.717, 1.165) is 37.0 Å². The molecule has 208 valence electrons. The minimum Gasteiger partial charge on any atom is -0.481 e. The Kier molecular flexibility index (Phi) is 8.40. The normalized spacial score (nSPS) is 39.5. The second kappa shape index (κ2) is 11.1. The number of ether oxygens (including phenoxy) is 2. The summed E-state index contributed by atoms with van der Waals surface area (Å²) in [6.07, 6.45) is 11.1. The van der Waals surface area contributed by atoms with Crippen LogP contribution in [0, 0.1) is 46.3 Å². The molecule has 7 heteroatoms. The fourth-order valence-corrected chi connectivity index (χ4v) is 9.52. The van der Waals surface area contributed by atoms with Gasteiger partial charge < -0.3 is 14.6 Å². The van der Waals surface area contributed by atoms with E-state index in [2.05, 4.69) is 20.8 Å². The lowest BCUT2D eigenvalue weighted by molar-refractivity contribution is -0.161. The minimum absolute atomic E-state index is 0.0943. The zero-order chi connectivity index (χ0) is 27.0. The van der Waals surface area contributed by atoms with Crippen LogP contribution in [-0.2, 0) is 28.7 Å². The van der Waals surface area contributed by atoms with Gasteiger partial charge in [-0.15, -0.1) is 0 Å². The molecule has 7 nitrogen and oxygen atoms in total. The Morgan fingerprint density at radius 2 is 1.54 bits per heavy atom. The first-order chi connectivity index (χ1) is 17.4. The van der Waals surface area contributed by atoms with Gasteiger partial charge in [0.05, 0.1) is 12.8 Å². The van der Waals surface area contributed by atoms with Gasteiger partial charge in [0.1, 0.15) is 6.10 Å². The smallest absolute Gasteiger partial charge is 0.314 e. The molecule has 0 amide bonds. The van der Waals surface area contributed by atoms with Gasteiger partial charge in [0, 0.05) is 13.3 Å². The Morgan fingerprint density at radius 1 is 0.865 bits per heavy atom. The van der Waals surface area contributed by atoms with Crippen molar-refractivity contribution in [2.45, 2.75) is 117 Å². The fraction of sp³-hybridized carbons (Fsp3) is 0.867. The first-order valence-electron chi connectivity index (χ1n) is 14.6. The number of carboxylic acids is 1. The maximum atomic E-state index is 12.2. The highest BCUT2D eigenvalue weighted by molar-refractivity contribution is 5.86. The maximum Gasteiger partial charge on any atom is 0.314 e. The van der Waals surface area contributed by atoms with Crippen molar-refractivity contribution in [2.24, 2.45) is 46.3 Å². The number of carbonyl (C=O) groups excluding carboxylic acids is 3. The molecule has 0 saturated heterocycles. The molecule has 4 saturated carbocycles.